The Morgan fingerprint density at radius 2 is 2.21 bits per heavy atom. The maximum absolute atomic E-state index is 11.3. The van der Waals surface area contributed by atoms with Crippen molar-refractivity contribution in [1.29, 1.82) is 5.26 Å². The third-order valence-electron chi connectivity index (χ3n) is 2.14. The Hall–Kier alpha value is -1.09. The number of rotatable bonds is 3. The standard InChI is InChI=1S/C8H12N2O3S/c1-2-6(3-9)8(11)10-7-4-14(12,13)5-7/h6-7H,2,4-5H2,1H3,(H,10,11). The maximum atomic E-state index is 11.3. The summed E-state index contributed by atoms with van der Waals surface area (Å²) in [6.07, 6.45) is 0.446. The number of hydrogen-bond donors (Lipinski definition) is 1. The second kappa shape index (κ2) is 3.96. The van der Waals surface area contributed by atoms with Crippen LogP contribution in [0.15, 0.2) is 0 Å². The van der Waals surface area contributed by atoms with Crippen LogP contribution in [0.4, 0.5) is 0 Å². The van der Waals surface area contributed by atoms with E-state index in [0.717, 1.165) is 0 Å². The second-order valence-electron chi connectivity index (χ2n) is 3.37. The van der Waals surface area contributed by atoms with E-state index in [1.807, 2.05) is 6.07 Å². The summed E-state index contributed by atoms with van der Waals surface area (Å²) in [5, 5.41) is 11.1. The quantitative estimate of drug-likeness (QED) is 0.685. The van der Waals surface area contributed by atoms with Gasteiger partial charge in [0.1, 0.15) is 5.92 Å². The van der Waals surface area contributed by atoms with E-state index in [9.17, 15) is 13.2 Å². The molecule has 0 aromatic heterocycles. The van der Waals surface area contributed by atoms with Crippen LogP contribution in [0.25, 0.3) is 0 Å². The van der Waals surface area contributed by atoms with Crippen LogP contribution in [0, 0.1) is 17.2 Å². The van der Waals surface area contributed by atoms with E-state index in [1.165, 1.54) is 0 Å². The molecule has 0 aromatic carbocycles. The first-order valence-corrected chi connectivity index (χ1v) is 6.21. The fourth-order valence-corrected chi connectivity index (χ4v) is 2.58. The van der Waals surface area contributed by atoms with Crippen LogP contribution in [0.5, 0.6) is 0 Å². The molecule has 1 unspecified atom stereocenters. The minimum atomic E-state index is -2.91. The highest BCUT2D eigenvalue weighted by Gasteiger charge is 2.35. The molecule has 1 saturated heterocycles. The van der Waals surface area contributed by atoms with E-state index < -0.39 is 15.8 Å². The van der Waals surface area contributed by atoms with Gasteiger partial charge < -0.3 is 5.32 Å². The number of nitriles is 1. The van der Waals surface area contributed by atoms with E-state index >= 15 is 0 Å². The molecule has 1 atom stereocenters. The summed E-state index contributed by atoms with van der Waals surface area (Å²) in [7, 11) is -2.91. The van der Waals surface area contributed by atoms with Gasteiger partial charge in [0.15, 0.2) is 9.84 Å². The van der Waals surface area contributed by atoms with E-state index in [-0.39, 0.29) is 23.5 Å². The van der Waals surface area contributed by atoms with Crippen LogP contribution in [0.2, 0.25) is 0 Å². The average Bonchev–Trinajstić information content (AvgIpc) is 2.03. The lowest BCUT2D eigenvalue weighted by molar-refractivity contribution is -0.123. The summed E-state index contributed by atoms with van der Waals surface area (Å²) in [5.41, 5.74) is 0. The van der Waals surface area contributed by atoms with Gasteiger partial charge >= 0.3 is 0 Å². The molecular formula is C8H12N2O3S. The Morgan fingerprint density at radius 3 is 2.57 bits per heavy atom. The van der Waals surface area contributed by atoms with Crippen LogP contribution >= 0.6 is 0 Å². The molecule has 1 heterocycles. The summed E-state index contributed by atoms with van der Waals surface area (Å²) in [5.74, 6) is -1.03. The van der Waals surface area contributed by atoms with Crippen LogP contribution in [0.3, 0.4) is 0 Å². The summed E-state index contributed by atoms with van der Waals surface area (Å²) < 4.78 is 21.5. The highest BCUT2D eigenvalue weighted by Crippen LogP contribution is 2.11. The fourth-order valence-electron chi connectivity index (χ4n) is 1.28. The normalized spacial score (nSPS) is 21.7. The zero-order chi connectivity index (χ0) is 10.8. The molecule has 1 fully saturated rings. The zero-order valence-corrected chi connectivity index (χ0v) is 8.67. The molecule has 6 heteroatoms. The lowest BCUT2D eigenvalue weighted by Crippen LogP contribution is -2.54. The van der Waals surface area contributed by atoms with E-state index in [1.54, 1.807) is 6.92 Å². The van der Waals surface area contributed by atoms with Crippen molar-refractivity contribution in [3.8, 4) is 6.07 Å². The number of carbonyl (C=O) groups excluding carboxylic acids is 1. The van der Waals surface area contributed by atoms with Gasteiger partial charge in [-0.05, 0) is 6.42 Å². The van der Waals surface area contributed by atoms with Gasteiger partial charge in [0.25, 0.3) is 0 Å². The van der Waals surface area contributed by atoms with Crippen LogP contribution in [-0.4, -0.2) is 31.9 Å². The summed E-state index contributed by atoms with van der Waals surface area (Å²) in [4.78, 5) is 11.3. The van der Waals surface area contributed by atoms with Crippen molar-refractivity contribution < 1.29 is 13.2 Å². The fraction of sp³-hybridized carbons (Fsp3) is 0.750. The van der Waals surface area contributed by atoms with E-state index in [0.29, 0.717) is 6.42 Å². The Bertz CT molecular complexity index is 357. The lowest BCUT2D eigenvalue weighted by atomic mass is 10.1. The smallest absolute Gasteiger partial charge is 0.237 e. The number of nitrogens with zero attached hydrogens (tertiary/aromatic N) is 1. The van der Waals surface area contributed by atoms with Gasteiger partial charge in [0.05, 0.1) is 23.6 Å². The van der Waals surface area contributed by atoms with Crippen molar-refractivity contribution in [1.82, 2.24) is 5.32 Å². The second-order valence-corrected chi connectivity index (χ2v) is 5.53. The predicted octanol–water partition coefficient (Wildman–Crippen LogP) is -0.551. The highest BCUT2D eigenvalue weighted by atomic mass is 32.2. The number of hydrogen-bond acceptors (Lipinski definition) is 4. The monoisotopic (exact) mass is 216 g/mol. The number of carbonyl (C=O) groups is 1. The third-order valence-corrected chi connectivity index (χ3v) is 3.96. The first kappa shape index (κ1) is 11.0. The first-order chi connectivity index (χ1) is 6.48. The molecule has 1 aliphatic heterocycles. The predicted molar refractivity (Wildman–Crippen MR) is 50.0 cm³/mol. The molecule has 1 rings (SSSR count). The number of amides is 1. The molecule has 78 valence electrons. The Balaban J connectivity index is 2.40. The third kappa shape index (κ3) is 2.45. The van der Waals surface area contributed by atoms with Gasteiger partial charge in [0.2, 0.25) is 5.91 Å². The molecule has 0 spiro atoms. The van der Waals surface area contributed by atoms with Gasteiger partial charge in [-0.15, -0.1) is 0 Å². The molecule has 0 radical (unpaired) electrons. The molecule has 1 N–H and O–H groups in total. The number of sulfone groups is 1. The Morgan fingerprint density at radius 1 is 1.64 bits per heavy atom. The van der Waals surface area contributed by atoms with Gasteiger partial charge in [-0.1, -0.05) is 6.92 Å². The Labute approximate surface area is 83.0 Å². The molecule has 0 bridgehead atoms. The molecule has 1 amide bonds. The lowest BCUT2D eigenvalue weighted by Gasteiger charge is -2.27. The summed E-state index contributed by atoms with van der Waals surface area (Å²) >= 11 is 0. The van der Waals surface area contributed by atoms with Gasteiger partial charge in [-0.3, -0.25) is 4.79 Å². The summed E-state index contributed by atoms with van der Waals surface area (Å²) in [6, 6.07) is 1.57. The molecule has 1 aliphatic rings. The largest absolute Gasteiger partial charge is 0.350 e. The van der Waals surface area contributed by atoms with Crippen molar-refractivity contribution in [2.75, 3.05) is 11.5 Å². The van der Waals surface area contributed by atoms with Crippen molar-refractivity contribution in [3.63, 3.8) is 0 Å². The molecule has 5 nitrogen and oxygen atoms in total. The molecule has 0 saturated carbocycles. The summed E-state index contributed by atoms with van der Waals surface area (Å²) in [6.45, 7) is 1.74. The molecular weight excluding hydrogens is 204 g/mol. The van der Waals surface area contributed by atoms with Crippen LogP contribution in [-0.2, 0) is 14.6 Å². The van der Waals surface area contributed by atoms with Crippen molar-refractivity contribution in [3.05, 3.63) is 0 Å². The minimum absolute atomic E-state index is 0.000598. The minimum Gasteiger partial charge on any atom is -0.350 e. The van der Waals surface area contributed by atoms with E-state index in [2.05, 4.69) is 5.32 Å². The van der Waals surface area contributed by atoms with Gasteiger partial charge in [0, 0.05) is 0 Å². The molecule has 14 heavy (non-hydrogen) atoms. The molecule has 0 aliphatic carbocycles. The average molecular weight is 216 g/mol. The van der Waals surface area contributed by atoms with Crippen LogP contribution < -0.4 is 5.32 Å². The molecule has 0 aromatic rings. The SMILES string of the molecule is CCC(C#N)C(=O)NC1CS(=O)(=O)C1. The number of nitrogens with one attached hydrogen (secondary N) is 1. The first-order valence-electron chi connectivity index (χ1n) is 4.39. The van der Waals surface area contributed by atoms with E-state index in [4.69, 9.17) is 5.26 Å². The Kier molecular flexibility index (Phi) is 3.11. The maximum Gasteiger partial charge on any atom is 0.237 e. The van der Waals surface area contributed by atoms with Gasteiger partial charge in [-0.2, -0.15) is 5.26 Å². The van der Waals surface area contributed by atoms with Crippen molar-refractivity contribution >= 4 is 15.7 Å². The topological polar surface area (TPSA) is 87.0 Å². The van der Waals surface area contributed by atoms with Crippen LogP contribution in [0.1, 0.15) is 13.3 Å². The zero-order valence-electron chi connectivity index (χ0n) is 7.86. The van der Waals surface area contributed by atoms with Crippen molar-refractivity contribution in [2.45, 2.75) is 19.4 Å². The highest BCUT2D eigenvalue weighted by molar-refractivity contribution is 7.92. The van der Waals surface area contributed by atoms with Crippen molar-refractivity contribution in [2.24, 2.45) is 5.92 Å². The van der Waals surface area contributed by atoms with Gasteiger partial charge in [-0.25, -0.2) is 8.42 Å².